The molecule has 0 bridgehead atoms. The smallest absolute Gasteiger partial charge is 0.389 e. The van der Waals surface area contributed by atoms with Gasteiger partial charge in [-0.2, -0.15) is 13.2 Å². The van der Waals surface area contributed by atoms with Gasteiger partial charge in [0.15, 0.2) is 0 Å². The molecule has 1 aromatic carbocycles. The van der Waals surface area contributed by atoms with Gasteiger partial charge < -0.3 is 10.4 Å². The van der Waals surface area contributed by atoms with Gasteiger partial charge in [0, 0.05) is 13.0 Å². The molecule has 0 saturated carbocycles. The third-order valence-electron chi connectivity index (χ3n) is 2.62. The number of halogens is 3. The summed E-state index contributed by atoms with van der Waals surface area (Å²) in [4.78, 5) is 0. The largest absolute Gasteiger partial charge is 0.416 e. The fraction of sp³-hybridized carbons (Fsp3) is 0.538. The quantitative estimate of drug-likeness (QED) is 0.854. The standard InChI is InChI=1S/C13H18F3NO/c1-3-17-9-12(2,18)8-10-4-6-11(7-5-10)13(14,15)16/h4-7,17-18H,3,8-9H2,1-2H3. The van der Waals surface area contributed by atoms with Crippen molar-refractivity contribution in [1.29, 1.82) is 0 Å². The van der Waals surface area contributed by atoms with Gasteiger partial charge in [-0.25, -0.2) is 0 Å². The average Bonchev–Trinajstić information content (AvgIpc) is 2.25. The van der Waals surface area contributed by atoms with Crippen LogP contribution >= 0.6 is 0 Å². The summed E-state index contributed by atoms with van der Waals surface area (Å²) in [5.74, 6) is 0. The van der Waals surface area contributed by atoms with Crippen LogP contribution in [-0.4, -0.2) is 23.8 Å². The van der Waals surface area contributed by atoms with Gasteiger partial charge in [0.2, 0.25) is 0 Å². The van der Waals surface area contributed by atoms with Crippen LogP contribution in [0, 0.1) is 0 Å². The summed E-state index contributed by atoms with van der Waals surface area (Å²) in [6, 6.07) is 4.89. The van der Waals surface area contributed by atoms with Crippen molar-refractivity contribution < 1.29 is 18.3 Å². The Balaban J connectivity index is 2.69. The molecule has 1 aromatic rings. The number of aliphatic hydroxyl groups is 1. The van der Waals surface area contributed by atoms with E-state index in [0.717, 1.165) is 18.7 Å². The molecule has 102 valence electrons. The second kappa shape index (κ2) is 5.71. The van der Waals surface area contributed by atoms with Gasteiger partial charge in [0.05, 0.1) is 11.2 Å². The fourth-order valence-electron chi connectivity index (χ4n) is 1.71. The molecular formula is C13H18F3NO. The lowest BCUT2D eigenvalue weighted by Crippen LogP contribution is -2.39. The Bertz CT molecular complexity index is 371. The van der Waals surface area contributed by atoms with E-state index in [1.807, 2.05) is 6.92 Å². The third kappa shape index (κ3) is 4.66. The van der Waals surface area contributed by atoms with Crippen LogP contribution in [0.15, 0.2) is 24.3 Å². The molecule has 0 heterocycles. The Morgan fingerprint density at radius 3 is 2.17 bits per heavy atom. The summed E-state index contributed by atoms with van der Waals surface area (Å²) >= 11 is 0. The van der Waals surface area contributed by atoms with E-state index >= 15 is 0 Å². The van der Waals surface area contributed by atoms with E-state index in [-0.39, 0.29) is 0 Å². The minimum absolute atomic E-state index is 0.318. The van der Waals surface area contributed by atoms with Crippen LogP contribution < -0.4 is 5.32 Å². The van der Waals surface area contributed by atoms with Gasteiger partial charge in [-0.05, 0) is 31.2 Å². The Kier molecular flexibility index (Phi) is 4.76. The van der Waals surface area contributed by atoms with Crippen molar-refractivity contribution in [3.05, 3.63) is 35.4 Å². The molecule has 0 fully saturated rings. The van der Waals surface area contributed by atoms with Crippen LogP contribution in [0.2, 0.25) is 0 Å². The van der Waals surface area contributed by atoms with Crippen LogP contribution in [0.4, 0.5) is 13.2 Å². The van der Waals surface area contributed by atoms with Crippen LogP contribution in [0.5, 0.6) is 0 Å². The van der Waals surface area contributed by atoms with E-state index in [1.165, 1.54) is 12.1 Å². The topological polar surface area (TPSA) is 32.3 Å². The number of hydrogen-bond acceptors (Lipinski definition) is 2. The zero-order chi connectivity index (χ0) is 13.8. The minimum atomic E-state index is -4.31. The van der Waals surface area contributed by atoms with Gasteiger partial charge in [-0.3, -0.25) is 0 Å². The molecule has 0 saturated heterocycles. The molecule has 0 aliphatic rings. The summed E-state index contributed by atoms with van der Waals surface area (Å²) in [6.45, 7) is 4.73. The lowest BCUT2D eigenvalue weighted by Gasteiger charge is -2.23. The molecule has 0 aromatic heterocycles. The van der Waals surface area contributed by atoms with Gasteiger partial charge >= 0.3 is 6.18 Å². The number of alkyl halides is 3. The van der Waals surface area contributed by atoms with Crippen LogP contribution in [0.3, 0.4) is 0 Å². The third-order valence-corrected chi connectivity index (χ3v) is 2.62. The van der Waals surface area contributed by atoms with Gasteiger partial charge in [0.25, 0.3) is 0 Å². The first-order valence-electron chi connectivity index (χ1n) is 5.84. The van der Waals surface area contributed by atoms with Crippen molar-refractivity contribution in [3.63, 3.8) is 0 Å². The van der Waals surface area contributed by atoms with E-state index in [1.54, 1.807) is 6.92 Å². The molecular weight excluding hydrogens is 243 g/mol. The zero-order valence-corrected chi connectivity index (χ0v) is 10.5. The lowest BCUT2D eigenvalue weighted by molar-refractivity contribution is -0.137. The first-order valence-corrected chi connectivity index (χ1v) is 5.84. The number of nitrogens with one attached hydrogen (secondary N) is 1. The van der Waals surface area contributed by atoms with Gasteiger partial charge in [0.1, 0.15) is 0 Å². The molecule has 1 atom stereocenters. The predicted molar refractivity (Wildman–Crippen MR) is 64.3 cm³/mol. The molecule has 1 rings (SSSR count). The summed E-state index contributed by atoms with van der Waals surface area (Å²) in [5.41, 5.74) is -0.945. The minimum Gasteiger partial charge on any atom is -0.389 e. The van der Waals surface area contributed by atoms with E-state index in [2.05, 4.69) is 5.32 Å². The molecule has 2 N–H and O–H groups in total. The predicted octanol–water partition coefficient (Wildman–Crippen LogP) is 2.61. The van der Waals surface area contributed by atoms with Crippen molar-refractivity contribution >= 4 is 0 Å². The van der Waals surface area contributed by atoms with Crippen LogP contribution in [0.25, 0.3) is 0 Å². The molecule has 0 aliphatic heterocycles. The molecule has 1 unspecified atom stereocenters. The maximum absolute atomic E-state index is 12.4. The monoisotopic (exact) mass is 261 g/mol. The zero-order valence-electron chi connectivity index (χ0n) is 10.5. The van der Waals surface area contributed by atoms with Crippen molar-refractivity contribution in [2.75, 3.05) is 13.1 Å². The molecule has 0 radical (unpaired) electrons. The number of rotatable bonds is 5. The first-order chi connectivity index (χ1) is 8.24. The van der Waals surface area contributed by atoms with Crippen molar-refractivity contribution in [2.24, 2.45) is 0 Å². The number of benzene rings is 1. The maximum atomic E-state index is 12.4. The van der Waals surface area contributed by atoms with E-state index in [4.69, 9.17) is 0 Å². The molecule has 5 heteroatoms. The summed E-state index contributed by atoms with van der Waals surface area (Å²) in [7, 11) is 0. The highest BCUT2D eigenvalue weighted by Gasteiger charge is 2.30. The lowest BCUT2D eigenvalue weighted by atomic mass is 9.96. The number of likely N-dealkylation sites (N-methyl/N-ethyl adjacent to an activating group) is 1. The second-order valence-electron chi connectivity index (χ2n) is 4.65. The molecule has 0 aliphatic carbocycles. The molecule has 0 amide bonds. The average molecular weight is 261 g/mol. The van der Waals surface area contributed by atoms with E-state index in [9.17, 15) is 18.3 Å². The first kappa shape index (κ1) is 15.0. The Morgan fingerprint density at radius 2 is 1.72 bits per heavy atom. The van der Waals surface area contributed by atoms with Crippen molar-refractivity contribution in [1.82, 2.24) is 5.32 Å². The SMILES string of the molecule is CCNCC(C)(O)Cc1ccc(C(F)(F)F)cc1. The van der Waals surface area contributed by atoms with Crippen LogP contribution in [-0.2, 0) is 12.6 Å². The maximum Gasteiger partial charge on any atom is 0.416 e. The summed E-state index contributed by atoms with van der Waals surface area (Å²) < 4.78 is 37.1. The Morgan fingerprint density at radius 1 is 1.17 bits per heavy atom. The summed E-state index contributed by atoms with van der Waals surface area (Å²) in [5, 5.41) is 13.1. The highest BCUT2D eigenvalue weighted by molar-refractivity contribution is 5.25. The van der Waals surface area contributed by atoms with Crippen molar-refractivity contribution in [2.45, 2.75) is 32.0 Å². The fourth-order valence-corrected chi connectivity index (χ4v) is 1.71. The molecule has 0 spiro atoms. The van der Waals surface area contributed by atoms with Crippen LogP contribution in [0.1, 0.15) is 25.0 Å². The Hall–Kier alpha value is -1.07. The Labute approximate surface area is 105 Å². The second-order valence-corrected chi connectivity index (χ2v) is 4.65. The van der Waals surface area contributed by atoms with E-state index < -0.39 is 17.3 Å². The van der Waals surface area contributed by atoms with Crippen molar-refractivity contribution in [3.8, 4) is 0 Å². The summed E-state index contributed by atoms with van der Waals surface area (Å²) in [6.07, 6.45) is -4.00. The highest BCUT2D eigenvalue weighted by atomic mass is 19.4. The normalized spacial score (nSPS) is 15.4. The highest BCUT2D eigenvalue weighted by Crippen LogP contribution is 2.29. The van der Waals surface area contributed by atoms with Gasteiger partial charge in [-0.1, -0.05) is 19.1 Å². The molecule has 2 nitrogen and oxygen atoms in total. The van der Waals surface area contributed by atoms with E-state index in [0.29, 0.717) is 18.5 Å². The molecule has 18 heavy (non-hydrogen) atoms. The van der Waals surface area contributed by atoms with Gasteiger partial charge in [-0.15, -0.1) is 0 Å². The number of hydrogen-bond donors (Lipinski definition) is 2.